The highest BCUT2D eigenvalue weighted by Gasteiger charge is 2.12. The van der Waals surface area contributed by atoms with Crippen molar-refractivity contribution in [3.63, 3.8) is 0 Å². The number of benzene rings is 1. The molecule has 2 aromatic rings. The van der Waals surface area contributed by atoms with Gasteiger partial charge in [0.25, 0.3) is 0 Å². The van der Waals surface area contributed by atoms with Crippen molar-refractivity contribution in [2.24, 2.45) is 0 Å². The van der Waals surface area contributed by atoms with Crippen LogP contribution < -0.4 is 4.74 Å². The highest BCUT2D eigenvalue weighted by Crippen LogP contribution is 2.24. The van der Waals surface area contributed by atoms with E-state index in [1.165, 1.54) is 13.2 Å². The van der Waals surface area contributed by atoms with Crippen LogP contribution in [-0.4, -0.2) is 16.7 Å². The van der Waals surface area contributed by atoms with Gasteiger partial charge in [-0.1, -0.05) is 13.8 Å². The van der Waals surface area contributed by atoms with Crippen molar-refractivity contribution in [2.45, 2.75) is 19.8 Å². The molecular formula is C13H15FN2OS. The molecule has 0 spiro atoms. The van der Waals surface area contributed by atoms with E-state index in [9.17, 15) is 4.39 Å². The summed E-state index contributed by atoms with van der Waals surface area (Å²) >= 11 is 5.26. The van der Waals surface area contributed by atoms with Crippen LogP contribution in [0.3, 0.4) is 0 Å². The third-order valence-electron chi connectivity index (χ3n) is 2.79. The van der Waals surface area contributed by atoms with Gasteiger partial charge in [-0.25, -0.2) is 4.39 Å². The van der Waals surface area contributed by atoms with E-state index in [-0.39, 0.29) is 11.6 Å². The maximum absolute atomic E-state index is 13.4. The summed E-state index contributed by atoms with van der Waals surface area (Å²) in [7, 11) is 1.45. The second-order valence-corrected chi connectivity index (χ2v) is 4.71. The Balaban J connectivity index is 2.62. The Morgan fingerprint density at radius 1 is 1.39 bits per heavy atom. The Kier molecular flexibility index (Phi) is 3.52. The van der Waals surface area contributed by atoms with Gasteiger partial charge in [-0.15, -0.1) is 0 Å². The maximum atomic E-state index is 13.4. The SMILES string of the molecule is COc1cc(-n2c(C(C)C)c[nH]c2=S)ccc1F. The summed E-state index contributed by atoms with van der Waals surface area (Å²) in [6, 6.07) is 4.71. The van der Waals surface area contributed by atoms with E-state index < -0.39 is 0 Å². The topological polar surface area (TPSA) is 29.9 Å². The minimum Gasteiger partial charge on any atom is -0.494 e. The maximum Gasteiger partial charge on any atom is 0.182 e. The summed E-state index contributed by atoms with van der Waals surface area (Å²) in [6.07, 6.45) is 1.88. The Labute approximate surface area is 110 Å². The van der Waals surface area contributed by atoms with Gasteiger partial charge in [0.1, 0.15) is 0 Å². The monoisotopic (exact) mass is 266 g/mol. The van der Waals surface area contributed by atoms with Gasteiger partial charge in [0.2, 0.25) is 0 Å². The number of ether oxygens (including phenoxy) is 1. The molecule has 5 heteroatoms. The molecule has 0 radical (unpaired) electrons. The van der Waals surface area contributed by atoms with Crippen molar-refractivity contribution in [3.8, 4) is 11.4 Å². The van der Waals surface area contributed by atoms with E-state index in [0.717, 1.165) is 11.4 Å². The fraction of sp³-hybridized carbons (Fsp3) is 0.308. The first-order valence-corrected chi connectivity index (χ1v) is 6.09. The minimum absolute atomic E-state index is 0.213. The van der Waals surface area contributed by atoms with E-state index in [4.69, 9.17) is 17.0 Å². The van der Waals surface area contributed by atoms with Crippen molar-refractivity contribution >= 4 is 12.2 Å². The van der Waals surface area contributed by atoms with Crippen LogP contribution in [0.25, 0.3) is 5.69 Å². The van der Waals surface area contributed by atoms with E-state index in [2.05, 4.69) is 18.8 Å². The van der Waals surface area contributed by atoms with Crippen LogP contribution in [0.1, 0.15) is 25.5 Å². The molecule has 1 aromatic carbocycles. The van der Waals surface area contributed by atoms with E-state index in [0.29, 0.717) is 10.7 Å². The Bertz CT molecular complexity index is 616. The number of aromatic amines is 1. The Hall–Kier alpha value is -1.62. The predicted octanol–water partition coefficient (Wildman–Crippen LogP) is 3.81. The van der Waals surface area contributed by atoms with Gasteiger partial charge >= 0.3 is 0 Å². The summed E-state index contributed by atoms with van der Waals surface area (Å²) in [6.45, 7) is 4.16. The number of hydrogen-bond acceptors (Lipinski definition) is 2. The Morgan fingerprint density at radius 3 is 2.72 bits per heavy atom. The molecule has 0 unspecified atom stereocenters. The number of aromatic nitrogens is 2. The van der Waals surface area contributed by atoms with Gasteiger partial charge in [0.15, 0.2) is 16.3 Å². The summed E-state index contributed by atoms with van der Waals surface area (Å²) in [5.74, 6) is 0.147. The lowest BCUT2D eigenvalue weighted by Crippen LogP contribution is -2.02. The second kappa shape index (κ2) is 4.94. The molecule has 2 rings (SSSR count). The van der Waals surface area contributed by atoms with Crippen LogP contribution in [0.5, 0.6) is 5.75 Å². The fourth-order valence-corrected chi connectivity index (χ4v) is 2.13. The van der Waals surface area contributed by atoms with Crippen LogP contribution in [0.4, 0.5) is 4.39 Å². The third kappa shape index (κ3) is 2.18. The van der Waals surface area contributed by atoms with Gasteiger partial charge < -0.3 is 9.72 Å². The van der Waals surface area contributed by atoms with Crippen LogP contribution in [-0.2, 0) is 0 Å². The molecule has 0 saturated carbocycles. The predicted molar refractivity (Wildman–Crippen MR) is 71.6 cm³/mol. The summed E-state index contributed by atoms with van der Waals surface area (Å²) in [5.41, 5.74) is 1.84. The number of H-pyrrole nitrogens is 1. The van der Waals surface area contributed by atoms with Gasteiger partial charge in [-0.2, -0.15) is 0 Å². The molecule has 0 bridgehead atoms. The minimum atomic E-state index is -0.380. The summed E-state index contributed by atoms with van der Waals surface area (Å²) in [5, 5.41) is 0. The zero-order chi connectivity index (χ0) is 13.3. The first kappa shape index (κ1) is 12.8. The first-order valence-electron chi connectivity index (χ1n) is 5.69. The molecule has 96 valence electrons. The quantitative estimate of drug-likeness (QED) is 0.856. The zero-order valence-electron chi connectivity index (χ0n) is 10.5. The fourth-order valence-electron chi connectivity index (χ4n) is 1.86. The lowest BCUT2D eigenvalue weighted by atomic mass is 10.1. The lowest BCUT2D eigenvalue weighted by Gasteiger charge is -2.12. The van der Waals surface area contributed by atoms with Crippen molar-refractivity contribution in [1.29, 1.82) is 0 Å². The average Bonchev–Trinajstić information content (AvgIpc) is 2.72. The van der Waals surface area contributed by atoms with Gasteiger partial charge in [0.05, 0.1) is 12.8 Å². The van der Waals surface area contributed by atoms with Crippen molar-refractivity contribution in [1.82, 2.24) is 9.55 Å². The molecule has 0 aliphatic rings. The molecule has 18 heavy (non-hydrogen) atoms. The highest BCUT2D eigenvalue weighted by atomic mass is 32.1. The summed E-state index contributed by atoms with van der Waals surface area (Å²) < 4.78 is 20.9. The smallest absolute Gasteiger partial charge is 0.182 e. The number of imidazole rings is 1. The molecule has 1 N–H and O–H groups in total. The highest BCUT2D eigenvalue weighted by molar-refractivity contribution is 7.71. The molecule has 1 heterocycles. The molecule has 0 fully saturated rings. The van der Waals surface area contributed by atoms with Crippen LogP contribution in [0, 0.1) is 10.6 Å². The van der Waals surface area contributed by atoms with Crippen LogP contribution in [0.15, 0.2) is 24.4 Å². The number of methoxy groups -OCH3 is 1. The molecule has 3 nitrogen and oxygen atoms in total. The molecular weight excluding hydrogens is 251 g/mol. The normalized spacial score (nSPS) is 10.9. The Morgan fingerprint density at radius 2 is 2.11 bits per heavy atom. The van der Waals surface area contributed by atoms with Gasteiger partial charge in [0, 0.05) is 18.0 Å². The number of halogens is 1. The third-order valence-corrected chi connectivity index (χ3v) is 3.09. The number of rotatable bonds is 3. The van der Waals surface area contributed by atoms with Crippen molar-refractivity contribution in [2.75, 3.05) is 7.11 Å². The number of hydrogen-bond donors (Lipinski definition) is 1. The molecule has 0 amide bonds. The number of nitrogens with zero attached hydrogens (tertiary/aromatic N) is 1. The van der Waals surface area contributed by atoms with E-state index in [1.807, 2.05) is 10.8 Å². The van der Waals surface area contributed by atoms with Crippen LogP contribution in [0.2, 0.25) is 0 Å². The first-order chi connectivity index (χ1) is 8.54. The van der Waals surface area contributed by atoms with E-state index >= 15 is 0 Å². The largest absolute Gasteiger partial charge is 0.494 e. The molecule has 0 saturated heterocycles. The van der Waals surface area contributed by atoms with Gasteiger partial charge in [-0.3, -0.25) is 4.57 Å². The summed E-state index contributed by atoms with van der Waals surface area (Å²) in [4.78, 5) is 3.01. The molecule has 1 aromatic heterocycles. The number of nitrogens with one attached hydrogen (secondary N) is 1. The zero-order valence-corrected chi connectivity index (χ0v) is 11.3. The van der Waals surface area contributed by atoms with E-state index in [1.54, 1.807) is 12.1 Å². The standard InChI is InChI=1S/C13H15FN2OS/c1-8(2)11-7-15-13(18)16(11)9-4-5-10(14)12(6-9)17-3/h4-8H,1-3H3,(H,15,18). The average molecular weight is 266 g/mol. The van der Waals surface area contributed by atoms with Gasteiger partial charge in [-0.05, 0) is 30.3 Å². The van der Waals surface area contributed by atoms with Crippen LogP contribution >= 0.6 is 12.2 Å². The molecule has 0 aliphatic heterocycles. The lowest BCUT2D eigenvalue weighted by molar-refractivity contribution is 0.386. The second-order valence-electron chi connectivity index (χ2n) is 4.33. The van der Waals surface area contributed by atoms with Crippen molar-refractivity contribution < 1.29 is 9.13 Å². The van der Waals surface area contributed by atoms with Crippen molar-refractivity contribution in [3.05, 3.63) is 40.7 Å². The molecule has 0 aliphatic carbocycles. The molecule has 0 atom stereocenters.